The van der Waals surface area contributed by atoms with Gasteiger partial charge in [0.2, 0.25) is 0 Å². The van der Waals surface area contributed by atoms with Crippen molar-refractivity contribution in [2.24, 2.45) is 0 Å². The van der Waals surface area contributed by atoms with Gasteiger partial charge in [-0.05, 0) is 43.5 Å². The lowest BCUT2D eigenvalue weighted by atomic mass is 9.93. The Labute approximate surface area is 117 Å². The molecule has 0 unspecified atom stereocenters. The van der Waals surface area contributed by atoms with Gasteiger partial charge in [-0.15, -0.1) is 0 Å². The first-order chi connectivity index (χ1) is 9.42. The quantitative estimate of drug-likeness (QED) is 0.769. The minimum atomic E-state index is -1.09. The van der Waals surface area contributed by atoms with Crippen LogP contribution in [-0.4, -0.2) is 46.4 Å². The van der Waals surface area contributed by atoms with Crippen molar-refractivity contribution in [2.45, 2.75) is 25.4 Å². The third-order valence-corrected chi connectivity index (χ3v) is 3.57. The summed E-state index contributed by atoms with van der Waals surface area (Å²) in [6.07, 6.45) is 0.665. The fourth-order valence-electron chi connectivity index (χ4n) is 2.30. The van der Waals surface area contributed by atoms with Gasteiger partial charge in [-0.3, -0.25) is 0 Å². The Bertz CT molecular complexity index is 479. The molecule has 0 bridgehead atoms. The van der Waals surface area contributed by atoms with E-state index in [1.807, 2.05) is 0 Å². The minimum absolute atomic E-state index is 0.300. The van der Waals surface area contributed by atoms with Crippen molar-refractivity contribution in [3.63, 3.8) is 0 Å². The topological polar surface area (TPSA) is 72.8 Å². The fraction of sp³-hybridized carbons (Fsp3) is 0.500. The minimum Gasteiger partial charge on any atom is -0.393 e. The molecule has 0 radical (unpaired) electrons. The summed E-state index contributed by atoms with van der Waals surface area (Å²) in [7, 11) is 0. The summed E-state index contributed by atoms with van der Waals surface area (Å²) < 4.78 is 13.2. The Kier molecular flexibility index (Phi) is 4.25. The van der Waals surface area contributed by atoms with Crippen LogP contribution < -0.4 is 5.32 Å². The van der Waals surface area contributed by atoms with Crippen LogP contribution in [0.4, 0.5) is 14.9 Å². The number of likely N-dealkylation sites (tertiary alicyclic amines) is 1. The molecule has 0 spiro atoms. The standard InChI is InChI=1S/C14H19FN2O3/c1-10-6-11(15)8-12(7-10)16-13(19)17-4-2-14(20,9-18)3-5-17/h6-8,18,20H,2-5,9H2,1H3,(H,16,19). The number of aryl methyl sites for hydroxylation is 1. The maximum Gasteiger partial charge on any atom is 0.321 e. The maximum absolute atomic E-state index is 13.2. The van der Waals surface area contributed by atoms with Gasteiger partial charge in [0.25, 0.3) is 0 Å². The van der Waals surface area contributed by atoms with Gasteiger partial charge in [0.1, 0.15) is 5.82 Å². The summed E-state index contributed by atoms with van der Waals surface area (Å²) in [4.78, 5) is 13.6. The Morgan fingerprint density at radius 3 is 2.60 bits per heavy atom. The molecule has 1 aromatic rings. The number of benzene rings is 1. The highest BCUT2D eigenvalue weighted by Gasteiger charge is 2.33. The first kappa shape index (κ1) is 14.7. The molecule has 0 saturated carbocycles. The summed E-state index contributed by atoms with van der Waals surface area (Å²) in [5.41, 5.74) is 0.0516. The number of hydrogen-bond donors (Lipinski definition) is 3. The van der Waals surface area contributed by atoms with Crippen LogP contribution in [-0.2, 0) is 0 Å². The van der Waals surface area contributed by atoms with Crippen molar-refractivity contribution in [3.05, 3.63) is 29.6 Å². The van der Waals surface area contributed by atoms with Crippen molar-refractivity contribution in [1.29, 1.82) is 0 Å². The van der Waals surface area contributed by atoms with Crippen LogP contribution in [0.2, 0.25) is 0 Å². The zero-order chi connectivity index (χ0) is 14.8. The molecule has 1 aromatic carbocycles. The van der Waals surface area contributed by atoms with Crippen molar-refractivity contribution < 1.29 is 19.4 Å². The van der Waals surface area contributed by atoms with Crippen LogP contribution in [0.5, 0.6) is 0 Å². The van der Waals surface area contributed by atoms with Gasteiger partial charge in [-0.25, -0.2) is 9.18 Å². The number of nitrogens with zero attached hydrogens (tertiary/aromatic N) is 1. The summed E-state index contributed by atoms with van der Waals surface area (Å²) in [5.74, 6) is -0.395. The van der Waals surface area contributed by atoms with Gasteiger partial charge in [-0.2, -0.15) is 0 Å². The number of carbonyl (C=O) groups is 1. The zero-order valence-electron chi connectivity index (χ0n) is 11.4. The van der Waals surface area contributed by atoms with E-state index in [2.05, 4.69) is 5.32 Å². The number of amides is 2. The van der Waals surface area contributed by atoms with E-state index < -0.39 is 11.4 Å². The number of hydrogen-bond acceptors (Lipinski definition) is 3. The molecule has 3 N–H and O–H groups in total. The summed E-state index contributed by atoms with van der Waals surface area (Å²) >= 11 is 0. The van der Waals surface area contributed by atoms with Crippen LogP contribution in [0.3, 0.4) is 0 Å². The van der Waals surface area contributed by atoms with E-state index in [4.69, 9.17) is 5.11 Å². The van der Waals surface area contributed by atoms with E-state index in [9.17, 15) is 14.3 Å². The zero-order valence-corrected chi connectivity index (χ0v) is 11.4. The Morgan fingerprint density at radius 2 is 2.05 bits per heavy atom. The molecule has 0 atom stereocenters. The van der Waals surface area contributed by atoms with Crippen LogP contribution >= 0.6 is 0 Å². The summed E-state index contributed by atoms with van der Waals surface area (Å²) in [6.45, 7) is 2.17. The molecule has 110 valence electrons. The maximum atomic E-state index is 13.2. The van der Waals surface area contributed by atoms with Crippen molar-refractivity contribution >= 4 is 11.7 Å². The number of carbonyl (C=O) groups excluding carboxylic acids is 1. The third kappa shape index (κ3) is 3.46. The number of rotatable bonds is 2. The molecule has 0 aliphatic carbocycles. The molecule has 1 aliphatic rings. The Balaban J connectivity index is 1.96. The number of aliphatic hydroxyl groups is 2. The van der Waals surface area contributed by atoms with E-state index in [0.717, 1.165) is 5.56 Å². The van der Waals surface area contributed by atoms with E-state index in [1.165, 1.54) is 12.1 Å². The van der Waals surface area contributed by atoms with Gasteiger partial charge in [-0.1, -0.05) is 0 Å². The molecule has 1 saturated heterocycles. The number of nitrogens with one attached hydrogen (secondary N) is 1. The van der Waals surface area contributed by atoms with Gasteiger partial charge in [0, 0.05) is 18.8 Å². The second-order valence-corrected chi connectivity index (χ2v) is 5.32. The van der Waals surface area contributed by atoms with E-state index in [-0.39, 0.29) is 12.6 Å². The van der Waals surface area contributed by atoms with E-state index >= 15 is 0 Å². The molecular formula is C14H19FN2O3. The number of urea groups is 1. The Hall–Kier alpha value is -1.66. The van der Waals surface area contributed by atoms with Crippen LogP contribution in [0, 0.1) is 12.7 Å². The molecule has 1 aliphatic heterocycles. The largest absolute Gasteiger partial charge is 0.393 e. The van der Waals surface area contributed by atoms with Crippen molar-refractivity contribution in [2.75, 3.05) is 25.0 Å². The van der Waals surface area contributed by atoms with Gasteiger partial charge >= 0.3 is 6.03 Å². The average molecular weight is 282 g/mol. The first-order valence-electron chi connectivity index (χ1n) is 6.58. The molecule has 1 heterocycles. The van der Waals surface area contributed by atoms with Crippen LogP contribution in [0.1, 0.15) is 18.4 Å². The SMILES string of the molecule is Cc1cc(F)cc(NC(=O)N2CCC(O)(CO)CC2)c1. The lowest BCUT2D eigenvalue weighted by Crippen LogP contribution is -2.49. The van der Waals surface area contributed by atoms with Gasteiger partial charge in [0.15, 0.2) is 0 Å². The number of anilines is 1. The lowest BCUT2D eigenvalue weighted by Gasteiger charge is -2.36. The van der Waals surface area contributed by atoms with Crippen molar-refractivity contribution in [3.8, 4) is 0 Å². The van der Waals surface area contributed by atoms with Gasteiger partial charge < -0.3 is 20.4 Å². The molecule has 20 heavy (non-hydrogen) atoms. The monoisotopic (exact) mass is 282 g/mol. The van der Waals surface area contributed by atoms with Crippen LogP contribution in [0.25, 0.3) is 0 Å². The van der Waals surface area contributed by atoms with Crippen LogP contribution in [0.15, 0.2) is 18.2 Å². The fourth-order valence-corrected chi connectivity index (χ4v) is 2.30. The highest BCUT2D eigenvalue weighted by atomic mass is 19.1. The van der Waals surface area contributed by atoms with Crippen molar-refractivity contribution in [1.82, 2.24) is 4.90 Å². The predicted octanol–water partition coefficient (Wildman–Crippen LogP) is 1.49. The summed E-state index contributed by atoms with van der Waals surface area (Å²) in [5, 5.41) is 21.6. The molecule has 1 fully saturated rings. The molecule has 2 rings (SSSR count). The average Bonchev–Trinajstić information content (AvgIpc) is 2.38. The van der Waals surface area contributed by atoms with Gasteiger partial charge in [0.05, 0.1) is 12.2 Å². The molecule has 6 heteroatoms. The number of aliphatic hydroxyl groups excluding tert-OH is 1. The number of halogens is 1. The molecular weight excluding hydrogens is 263 g/mol. The van der Waals surface area contributed by atoms with E-state index in [1.54, 1.807) is 17.9 Å². The summed E-state index contributed by atoms with van der Waals surface area (Å²) in [6, 6.07) is 4.02. The normalized spacial score (nSPS) is 17.9. The third-order valence-electron chi connectivity index (χ3n) is 3.57. The highest BCUT2D eigenvalue weighted by Crippen LogP contribution is 2.22. The Morgan fingerprint density at radius 1 is 1.40 bits per heavy atom. The van der Waals surface area contributed by atoms with E-state index in [0.29, 0.717) is 31.6 Å². The highest BCUT2D eigenvalue weighted by molar-refractivity contribution is 5.89. The number of piperidine rings is 1. The second-order valence-electron chi connectivity index (χ2n) is 5.32. The molecule has 2 amide bonds. The first-order valence-corrected chi connectivity index (χ1v) is 6.58. The molecule has 0 aromatic heterocycles. The second kappa shape index (κ2) is 5.76. The molecule has 5 nitrogen and oxygen atoms in total. The predicted molar refractivity (Wildman–Crippen MR) is 73.0 cm³/mol. The lowest BCUT2D eigenvalue weighted by molar-refractivity contribution is -0.0519. The smallest absolute Gasteiger partial charge is 0.321 e.